The molecule has 0 aliphatic heterocycles. The first-order valence-electron chi connectivity index (χ1n) is 8.23. The molecule has 7 heteroatoms. The van der Waals surface area contributed by atoms with Crippen LogP contribution in [0.5, 0.6) is 0 Å². The van der Waals surface area contributed by atoms with Gasteiger partial charge >= 0.3 is 0 Å². The summed E-state index contributed by atoms with van der Waals surface area (Å²) in [6.45, 7) is 3.83. The number of amides is 1. The number of benzene rings is 2. The average molecular weight is 414 g/mol. The number of nitrogens with one attached hydrogen (secondary N) is 1. The summed E-state index contributed by atoms with van der Waals surface area (Å²) in [5.74, 6) is -0.346. The lowest BCUT2D eigenvalue weighted by molar-refractivity contribution is -0.115. The van der Waals surface area contributed by atoms with Gasteiger partial charge in [0.1, 0.15) is 11.6 Å². The van der Waals surface area contributed by atoms with E-state index in [-0.39, 0.29) is 17.5 Å². The van der Waals surface area contributed by atoms with Crippen molar-refractivity contribution in [2.75, 3.05) is 4.90 Å². The van der Waals surface area contributed by atoms with Crippen LogP contribution in [0.15, 0.2) is 48.0 Å². The van der Waals surface area contributed by atoms with Crippen molar-refractivity contribution in [3.63, 3.8) is 0 Å². The van der Waals surface area contributed by atoms with E-state index in [9.17, 15) is 10.1 Å². The number of carbonyl (C=O) groups is 1. The van der Waals surface area contributed by atoms with E-state index in [1.807, 2.05) is 38.1 Å². The van der Waals surface area contributed by atoms with Gasteiger partial charge in [0.05, 0.1) is 10.2 Å². The van der Waals surface area contributed by atoms with Gasteiger partial charge in [-0.25, -0.2) is 0 Å². The number of H-pyrrole nitrogens is 1. The van der Waals surface area contributed by atoms with E-state index < -0.39 is 0 Å². The predicted octanol–water partition coefficient (Wildman–Crippen LogP) is 5.96. The highest BCUT2D eigenvalue weighted by molar-refractivity contribution is 7.73. The zero-order valence-corrected chi connectivity index (χ0v) is 17.1. The van der Waals surface area contributed by atoms with Crippen molar-refractivity contribution < 1.29 is 4.79 Å². The van der Waals surface area contributed by atoms with E-state index in [1.54, 1.807) is 35.2 Å². The largest absolute Gasteiger partial charge is 0.337 e. The van der Waals surface area contributed by atoms with Gasteiger partial charge in [-0.05, 0) is 68.0 Å². The Hall–Kier alpha value is -2.46. The molecule has 2 aromatic carbocycles. The summed E-state index contributed by atoms with van der Waals surface area (Å²) >= 11 is 12.5. The Bertz CT molecular complexity index is 1120. The lowest BCUT2D eigenvalue weighted by Crippen LogP contribution is -2.37. The third kappa shape index (κ3) is 4.28. The molecule has 4 nitrogen and oxygen atoms in total. The minimum Gasteiger partial charge on any atom is -0.337 e. The molecule has 3 aromatic rings. The summed E-state index contributed by atoms with van der Waals surface area (Å²) in [6, 6.07) is 14.6. The number of nitriles is 1. The SMILES string of the molecule is CC(C)N(C(=O)C(C#N)=Cc1ccc(Cl)cc1)c1ccc2[nH]c(=S)sc2c1. The number of aromatic nitrogens is 1. The molecule has 0 atom stereocenters. The Balaban J connectivity index is 2.01. The molecule has 0 radical (unpaired) electrons. The number of halogens is 1. The van der Waals surface area contributed by atoms with Crippen molar-refractivity contribution in [1.29, 1.82) is 5.26 Å². The molecule has 136 valence electrons. The van der Waals surface area contributed by atoms with Crippen molar-refractivity contribution >= 4 is 63.0 Å². The topological polar surface area (TPSA) is 59.9 Å². The number of anilines is 1. The fraction of sp³-hybridized carbons (Fsp3) is 0.150. The number of carbonyl (C=O) groups excluding carboxylic acids is 1. The van der Waals surface area contributed by atoms with Crippen LogP contribution in [0.2, 0.25) is 5.02 Å². The van der Waals surface area contributed by atoms with Gasteiger partial charge in [0.2, 0.25) is 0 Å². The standard InChI is InChI=1S/C20H16ClN3OS2/c1-12(2)24(16-7-8-17-18(10-16)27-20(26)23-17)19(25)14(11-22)9-13-3-5-15(21)6-4-13/h3-10,12H,1-2H3,(H,23,26). The first kappa shape index (κ1) is 19.3. The average Bonchev–Trinajstić information content (AvgIpc) is 3.00. The molecule has 1 N–H and O–H groups in total. The first-order valence-corrected chi connectivity index (χ1v) is 9.83. The van der Waals surface area contributed by atoms with Crippen molar-refractivity contribution in [3.8, 4) is 6.07 Å². The molecule has 0 saturated heterocycles. The summed E-state index contributed by atoms with van der Waals surface area (Å²) in [7, 11) is 0. The smallest absolute Gasteiger partial charge is 0.269 e. The molecule has 1 amide bonds. The van der Waals surface area contributed by atoms with Gasteiger partial charge in [-0.3, -0.25) is 4.79 Å². The summed E-state index contributed by atoms with van der Waals surface area (Å²) in [5.41, 5.74) is 2.46. The minimum atomic E-state index is -0.346. The van der Waals surface area contributed by atoms with Crippen LogP contribution in [0.3, 0.4) is 0 Å². The Morgan fingerprint density at radius 3 is 2.63 bits per heavy atom. The Morgan fingerprint density at radius 1 is 1.30 bits per heavy atom. The van der Waals surface area contributed by atoms with Crippen LogP contribution in [0, 0.1) is 15.3 Å². The van der Waals surface area contributed by atoms with Crippen LogP contribution < -0.4 is 4.90 Å². The maximum absolute atomic E-state index is 13.1. The molecule has 0 aliphatic rings. The van der Waals surface area contributed by atoms with Gasteiger partial charge in [0.15, 0.2) is 3.95 Å². The van der Waals surface area contributed by atoms with E-state index in [2.05, 4.69) is 4.98 Å². The molecular weight excluding hydrogens is 398 g/mol. The van der Waals surface area contributed by atoms with E-state index in [0.29, 0.717) is 8.98 Å². The second kappa shape index (κ2) is 8.05. The minimum absolute atomic E-state index is 0.0628. The number of aromatic amines is 1. The summed E-state index contributed by atoms with van der Waals surface area (Å²) in [4.78, 5) is 17.8. The molecule has 0 bridgehead atoms. The van der Waals surface area contributed by atoms with Gasteiger partial charge < -0.3 is 9.88 Å². The van der Waals surface area contributed by atoms with Crippen molar-refractivity contribution in [2.24, 2.45) is 0 Å². The Kier molecular flexibility index (Phi) is 5.76. The van der Waals surface area contributed by atoms with Gasteiger partial charge in [0, 0.05) is 16.8 Å². The summed E-state index contributed by atoms with van der Waals surface area (Å²) < 4.78 is 1.65. The summed E-state index contributed by atoms with van der Waals surface area (Å²) in [6.07, 6.45) is 1.58. The van der Waals surface area contributed by atoms with Gasteiger partial charge in [0.25, 0.3) is 5.91 Å². The first-order chi connectivity index (χ1) is 12.9. The monoisotopic (exact) mass is 413 g/mol. The van der Waals surface area contributed by atoms with Gasteiger partial charge in [-0.2, -0.15) is 5.26 Å². The van der Waals surface area contributed by atoms with E-state index >= 15 is 0 Å². The molecule has 27 heavy (non-hydrogen) atoms. The van der Waals surface area contributed by atoms with Crippen LogP contribution in [0.1, 0.15) is 19.4 Å². The molecule has 1 aromatic heterocycles. The lowest BCUT2D eigenvalue weighted by atomic mass is 10.1. The summed E-state index contributed by atoms with van der Waals surface area (Å²) in [5, 5.41) is 10.2. The number of hydrogen-bond donors (Lipinski definition) is 1. The van der Waals surface area contributed by atoms with Crippen LogP contribution in [0.25, 0.3) is 16.3 Å². The number of rotatable bonds is 4. The molecular formula is C20H16ClN3OS2. The zero-order chi connectivity index (χ0) is 19.6. The van der Waals surface area contributed by atoms with E-state index in [4.69, 9.17) is 23.8 Å². The molecule has 0 unspecified atom stereocenters. The molecule has 0 spiro atoms. The maximum atomic E-state index is 13.1. The number of thiazole rings is 1. The zero-order valence-electron chi connectivity index (χ0n) is 14.7. The number of hydrogen-bond acceptors (Lipinski definition) is 4. The highest BCUT2D eigenvalue weighted by Crippen LogP contribution is 2.28. The highest BCUT2D eigenvalue weighted by atomic mass is 35.5. The lowest BCUT2D eigenvalue weighted by Gasteiger charge is -2.26. The molecule has 3 rings (SSSR count). The third-order valence-electron chi connectivity index (χ3n) is 3.95. The fourth-order valence-corrected chi connectivity index (χ4v) is 4.01. The third-order valence-corrected chi connectivity index (χ3v) is 5.40. The number of fused-ring (bicyclic) bond motifs is 1. The fourth-order valence-electron chi connectivity index (χ4n) is 2.73. The predicted molar refractivity (Wildman–Crippen MR) is 115 cm³/mol. The van der Waals surface area contributed by atoms with Crippen LogP contribution in [-0.4, -0.2) is 16.9 Å². The van der Waals surface area contributed by atoms with Gasteiger partial charge in [-0.15, -0.1) is 11.3 Å². The van der Waals surface area contributed by atoms with Crippen molar-refractivity contribution in [2.45, 2.75) is 19.9 Å². The second-order valence-corrected chi connectivity index (χ2v) is 8.34. The molecule has 0 fully saturated rings. The van der Waals surface area contributed by atoms with Crippen molar-refractivity contribution in [3.05, 3.63) is 62.6 Å². The van der Waals surface area contributed by atoms with Crippen molar-refractivity contribution in [1.82, 2.24) is 4.98 Å². The second-order valence-electron chi connectivity index (χ2n) is 6.19. The van der Waals surface area contributed by atoms with Crippen LogP contribution in [0.4, 0.5) is 5.69 Å². The van der Waals surface area contributed by atoms with E-state index in [0.717, 1.165) is 21.5 Å². The Morgan fingerprint density at radius 2 is 2.00 bits per heavy atom. The van der Waals surface area contributed by atoms with E-state index in [1.165, 1.54) is 11.3 Å². The van der Waals surface area contributed by atoms with Gasteiger partial charge in [-0.1, -0.05) is 23.7 Å². The highest BCUT2D eigenvalue weighted by Gasteiger charge is 2.23. The van der Waals surface area contributed by atoms with Crippen LogP contribution >= 0.6 is 35.2 Å². The van der Waals surface area contributed by atoms with Crippen LogP contribution in [-0.2, 0) is 4.79 Å². The molecule has 0 aliphatic carbocycles. The number of nitrogens with zero attached hydrogens (tertiary/aromatic N) is 2. The normalized spacial score (nSPS) is 11.6. The Labute approximate surface area is 171 Å². The quantitative estimate of drug-likeness (QED) is 0.326. The molecule has 0 saturated carbocycles. The maximum Gasteiger partial charge on any atom is 0.269 e. The molecule has 1 heterocycles.